The Morgan fingerprint density at radius 1 is 1.14 bits per heavy atom. The molecular formula is C20H24N2O5S. The van der Waals surface area contributed by atoms with Crippen LogP contribution in [0.5, 0.6) is 5.75 Å². The Labute approximate surface area is 165 Å². The fraction of sp³-hybridized carbons (Fsp3) is 0.350. The Morgan fingerprint density at radius 3 is 2.43 bits per heavy atom. The van der Waals surface area contributed by atoms with E-state index in [1.165, 1.54) is 19.2 Å². The highest BCUT2D eigenvalue weighted by Crippen LogP contribution is 2.28. The SMILES string of the molecule is CCc1ccc(NS(=O)(=O)c2cc(C(=O)N3CCOCC3)ccc2OC)cc1. The Balaban J connectivity index is 1.90. The molecule has 3 rings (SSSR count). The van der Waals surface area contributed by atoms with Gasteiger partial charge in [0, 0.05) is 24.3 Å². The normalized spacial score (nSPS) is 14.6. The minimum absolute atomic E-state index is 0.0753. The molecule has 0 aliphatic carbocycles. The van der Waals surface area contributed by atoms with Crippen LogP contribution in [0.2, 0.25) is 0 Å². The van der Waals surface area contributed by atoms with Gasteiger partial charge in [0.15, 0.2) is 0 Å². The molecule has 1 aliphatic rings. The van der Waals surface area contributed by atoms with Crippen LogP contribution in [0.1, 0.15) is 22.8 Å². The summed E-state index contributed by atoms with van der Waals surface area (Å²) in [6.45, 7) is 3.94. The molecule has 1 N–H and O–H groups in total. The number of rotatable bonds is 6. The number of benzene rings is 2. The Bertz CT molecular complexity index is 936. The number of aryl methyl sites for hydroxylation is 1. The maximum Gasteiger partial charge on any atom is 0.265 e. The van der Waals surface area contributed by atoms with Gasteiger partial charge in [0.25, 0.3) is 15.9 Å². The van der Waals surface area contributed by atoms with Gasteiger partial charge in [0.05, 0.1) is 20.3 Å². The van der Waals surface area contributed by atoms with E-state index in [2.05, 4.69) is 4.72 Å². The molecule has 150 valence electrons. The van der Waals surface area contributed by atoms with E-state index in [0.29, 0.717) is 37.6 Å². The number of hydrogen-bond acceptors (Lipinski definition) is 5. The summed E-state index contributed by atoms with van der Waals surface area (Å²) in [4.78, 5) is 14.3. The van der Waals surface area contributed by atoms with E-state index in [4.69, 9.17) is 9.47 Å². The van der Waals surface area contributed by atoms with Crippen molar-refractivity contribution in [3.63, 3.8) is 0 Å². The molecule has 1 fully saturated rings. The van der Waals surface area contributed by atoms with Crippen molar-refractivity contribution in [2.75, 3.05) is 38.1 Å². The van der Waals surface area contributed by atoms with Gasteiger partial charge in [-0.1, -0.05) is 19.1 Å². The van der Waals surface area contributed by atoms with E-state index < -0.39 is 10.0 Å². The number of nitrogens with one attached hydrogen (secondary N) is 1. The van der Waals surface area contributed by atoms with Crippen molar-refractivity contribution in [3.8, 4) is 5.75 Å². The highest BCUT2D eigenvalue weighted by molar-refractivity contribution is 7.92. The summed E-state index contributed by atoms with van der Waals surface area (Å²) in [5, 5.41) is 0. The van der Waals surface area contributed by atoms with E-state index in [1.54, 1.807) is 23.1 Å². The second-order valence-corrected chi connectivity index (χ2v) is 8.08. The van der Waals surface area contributed by atoms with Crippen LogP contribution in [0.15, 0.2) is 47.4 Å². The fourth-order valence-corrected chi connectivity index (χ4v) is 4.24. The van der Waals surface area contributed by atoms with Crippen LogP contribution >= 0.6 is 0 Å². The lowest BCUT2D eigenvalue weighted by molar-refractivity contribution is 0.0302. The number of carbonyl (C=O) groups is 1. The van der Waals surface area contributed by atoms with Crippen molar-refractivity contribution >= 4 is 21.6 Å². The molecule has 8 heteroatoms. The number of carbonyl (C=O) groups excluding carboxylic acids is 1. The molecule has 2 aromatic rings. The van der Waals surface area contributed by atoms with Crippen molar-refractivity contribution in [2.24, 2.45) is 0 Å². The number of sulfonamides is 1. The first kappa shape index (κ1) is 20.2. The monoisotopic (exact) mass is 404 g/mol. The summed E-state index contributed by atoms with van der Waals surface area (Å²) in [6.07, 6.45) is 0.868. The van der Waals surface area contributed by atoms with Gasteiger partial charge in [-0.3, -0.25) is 9.52 Å². The quantitative estimate of drug-likeness (QED) is 0.800. The Morgan fingerprint density at radius 2 is 1.82 bits per heavy atom. The van der Waals surface area contributed by atoms with Crippen LogP contribution in [-0.4, -0.2) is 52.6 Å². The second kappa shape index (κ2) is 8.62. The molecule has 7 nitrogen and oxygen atoms in total. The minimum atomic E-state index is -3.93. The van der Waals surface area contributed by atoms with Crippen LogP contribution in [0.3, 0.4) is 0 Å². The van der Waals surface area contributed by atoms with E-state index in [1.807, 2.05) is 19.1 Å². The molecule has 0 radical (unpaired) electrons. The predicted molar refractivity (Wildman–Crippen MR) is 106 cm³/mol. The molecular weight excluding hydrogens is 380 g/mol. The molecule has 0 spiro atoms. The number of nitrogens with zero attached hydrogens (tertiary/aromatic N) is 1. The van der Waals surface area contributed by atoms with E-state index in [0.717, 1.165) is 12.0 Å². The molecule has 1 heterocycles. The van der Waals surface area contributed by atoms with Crippen molar-refractivity contribution in [1.82, 2.24) is 4.90 Å². The summed E-state index contributed by atoms with van der Waals surface area (Å²) < 4.78 is 38.9. The summed E-state index contributed by atoms with van der Waals surface area (Å²) in [5.74, 6) is -0.0501. The van der Waals surface area contributed by atoms with Gasteiger partial charge in [-0.05, 0) is 42.3 Å². The van der Waals surface area contributed by atoms with Crippen LogP contribution in [0, 0.1) is 0 Å². The summed E-state index contributed by atoms with van der Waals surface area (Å²) in [7, 11) is -2.54. The third-order valence-electron chi connectivity index (χ3n) is 4.61. The van der Waals surface area contributed by atoms with Crippen molar-refractivity contribution in [2.45, 2.75) is 18.2 Å². The Kier molecular flexibility index (Phi) is 6.21. The summed E-state index contributed by atoms with van der Waals surface area (Å²) in [6, 6.07) is 11.6. The predicted octanol–water partition coefficient (Wildman–Crippen LogP) is 2.53. The van der Waals surface area contributed by atoms with Gasteiger partial charge in [-0.15, -0.1) is 0 Å². The third kappa shape index (κ3) is 4.45. The smallest absolute Gasteiger partial charge is 0.265 e. The largest absolute Gasteiger partial charge is 0.495 e. The zero-order valence-electron chi connectivity index (χ0n) is 16.0. The summed E-state index contributed by atoms with van der Waals surface area (Å²) >= 11 is 0. The lowest BCUT2D eigenvalue weighted by Gasteiger charge is -2.27. The highest BCUT2D eigenvalue weighted by Gasteiger charge is 2.24. The van der Waals surface area contributed by atoms with Gasteiger partial charge in [0.1, 0.15) is 10.6 Å². The Hall–Kier alpha value is -2.58. The standard InChI is InChI=1S/C20H24N2O5S/c1-3-15-4-7-17(8-5-15)21-28(24,25)19-14-16(6-9-18(19)26-2)20(23)22-10-12-27-13-11-22/h4-9,14,21H,3,10-13H2,1-2H3. The molecule has 28 heavy (non-hydrogen) atoms. The lowest BCUT2D eigenvalue weighted by atomic mass is 10.2. The van der Waals surface area contributed by atoms with Crippen LogP contribution in [-0.2, 0) is 21.2 Å². The van der Waals surface area contributed by atoms with Gasteiger partial charge >= 0.3 is 0 Å². The second-order valence-electron chi connectivity index (χ2n) is 6.43. The molecule has 1 aliphatic heterocycles. The molecule has 2 aromatic carbocycles. The molecule has 0 unspecified atom stereocenters. The number of amides is 1. The van der Waals surface area contributed by atoms with E-state index in [-0.39, 0.29) is 16.6 Å². The lowest BCUT2D eigenvalue weighted by Crippen LogP contribution is -2.40. The molecule has 0 bridgehead atoms. The highest BCUT2D eigenvalue weighted by atomic mass is 32.2. The van der Waals surface area contributed by atoms with Gasteiger partial charge in [-0.2, -0.15) is 0 Å². The molecule has 0 atom stereocenters. The van der Waals surface area contributed by atoms with Gasteiger partial charge in [0.2, 0.25) is 0 Å². The minimum Gasteiger partial charge on any atom is -0.495 e. The van der Waals surface area contributed by atoms with Crippen molar-refractivity contribution < 1.29 is 22.7 Å². The number of anilines is 1. The van der Waals surface area contributed by atoms with Crippen molar-refractivity contribution in [3.05, 3.63) is 53.6 Å². The van der Waals surface area contributed by atoms with Gasteiger partial charge in [-0.25, -0.2) is 8.42 Å². The maximum absolute atomic E-state index is 13.0. The van der Waals surface area contributed by atoms with Crippen LogP contribution in [0.4, 0.5) is 5.69 Å². The summed E-state index contributed by atoms with van der Waals surface area (Å²) in [5.41, 5.74) is 1.85. The van der Waals surface area contributed by atoms with Crippen LogP contribution in [0.25, 0.3) is 0 Å². The topological polar surface area (TPSA) is 84.9 Å². The fourth-order valence-electron chi connectivity index (χ4n) is 2.99. The first-order chi connectivity index (χ1) is 13.4. The molecule has 0 saturated carbocycles. The zero-order valence-corrected chi connectivity index (χ0v) is 16.8. The van der Waals surface area contributed by atoms with Crippen molar-refractivity contribution in [1.29, 1.82) is 0 Å². The first-order valence-corrected chi connectivity index (χ1v) is 10.6. The van der Waals surface area contributed by atoms with Gasteiger partial charge < -0.3 is 14.4 Å². The van der Waals surface area contributed by atoms with E-state index in [9.17, 15) is 13.2 Å². The number of methoxy groups -OCH3 is 1. The first-order valence-electron chi connectivity index (χ1n) is 9.11. The maximum atomic E-state index is 13.0. The molecule has 0 aromatic heterocycles. The average molecular weight is 404 g/mol. The zero-order chi connectivity index (χ0) is 20.1. The number of morpholine rings is 1. The molecule has 1 saturated heterocycles. The number of ether oxygens (including phenoxy) is 2. The average Bonchev–Trinajstić information content (AvgIpc) is 2.73. The van der Waals surface area contributed by atoms with E-state index >= 15 is 0 Å². The number of hydrogen-bond donors (Lipinski definition) is 1. The van der Waals surface area contributed by atoms with Crippen LogP contribution < -0.4 is 9.46 Å². The third-order valence-corrected chi connectivity index (χ3v) is 6.02. The molecule has 1 amide bonds.